The van der Waals surface area contributed by atoms with E-state index in [1.54, 1.807) is 0 Å². The van der Waals surface area contributed by atoms with Gasteiger partial charge in [-0.05, 0) is 86.2 Å². The fraction of sp³-hybridized carbons (Fsp3) is 0.433. The predicted octanol–water partition coefficient (Wildman–Crippen LogP) is 5.98. The third kappa shape index (κ3) is 4.74. The van der Waals surface area contributed by atoms with Gasteiger partial charge in [0, 0.05) is 24.5 Å². The molecule has 1 heterocycles. The molecular weight excluding hydrogens is 456 g/mol. The molecule has 1 saturated carbocycles. The Balaban J connectivity index is 1.26. The topological polar surface area (TPSA) is 74.2 Å². The molecule has 6 nitrogen and oxygen atoms in total. The van der Waals surface area contributed by atoms with Crippen LogP contribution in [0, 0.1) is 31.6 Å². The second kappa shape index (κ2) is 10.0. The van der Waals surface area contributed by atoms with Gasteiger partial charge < -0.3 is 24.1 Å². The molecule has 2 fully saturated rings. The summed E-state index contributed by atoms with van der Waals surface area (Å²) in [5.74, 6) is 1.68. The highest BCUT2D eigenvalue weighted by molar-refractivity contribution is 5.76. The molecule has 190 valence electrons. The maximum atomic E-state index is 11.3. The predicted molar refractivity (Wildman–Crippen MR) is 137 cm³/mol. The molecule has 36 heavy (non-hydrogen) atoms. The number of carbonyl (C=O) groups is 1. The van der Waals surface area contributed by atoms with Crippen LogP contribution < -0.4 is 4.74 Å². The zero-order valence-electron chi connectivity index (χ0n) is 21.3. The number of aryl methyl sites for hydroxylation is 2. The Kier molecular flexibility index (Phi) is 6.80. The number of rotatable bonds is 10. The van der Waals surface area contributed by atoms with Crippen molar-refractivity contribution in [3.63, 3.8) is 0 Å². The molecule has 2 aromatic carbocycles. The Morgan fingerprint density at radius 2 is 1.94 bits per heavy atom. The van der Waals surface area contributed by atoms with Crippen molar-refractivity contribution in [1.82, 2.24) is 0 Å². The monoisotopic (exact) mass is 490 g/mol. The smallest absolute Gasteiger partial charge is 0.310 e. The molecule has 0 bridgehead atoms. The van der Waals surface area contributed by atoms with E-state index >= 15 is 0 Å². The molecule has 3 aliphatic rings. The van der Waals surface area contributed by atoms with Crippen LogP contribution in [0.25, 0.3) is 11.1 Å². The van der Waals surface area contributed by atoms with Crippen LogP contribution in [0.15, 0.2) is 60.1 Å². The molecule has 2 unspecified atom stereocenters. The van der Waals surface area contributed by atoms with Crippen LogP contribution >= 0.6 is 0 Å². The van der Waals surface area contributed by atoms with E-state index in [0.29, 0.717) is 19.8 Å². The molecule has 1 N–H and O–H groups in total. The van der Waals surface area contributed by atoms with Gasteiger partial charge in [-0.2, -0.15) is 0 Å². The molecular formula is C30H34O6. The molecule has 1 aliphatic heterocycles. The van der Waals surface area contributed by atoms with E-state index in [1.165, 1.54) is 5.56 Å². The zero-order chi connectivity index (χ0) is 25.4. The minimum Gasteiger partial charge on any atom is -0.493 e. The standard InChI is InChI=1S/C30H34O6/c1-5-33-11-12-34-23-13-17(2)26(18(3)14-23)21-8-6-7-20(15-21)19(4)35-22-9-10-24-25(16-22)36-29-27(24)28(29)30(31)32/h6-9,13-16,19,24,27-29H,5,10-12H2,1-4H3,(H,31,32)/t19?,24?,27-,28-,29-/m1/s1. The van der Waals surface area contributed by atoms with Gasteiger partial charge in [-0.1, -0.05) is 18.2 Å². The molecule has 0 radical (unpaired) electrons. The minimum absolute atomic E-state index is 0.105. The average molecular weight is 491 g/mol. The van der Waals surface area contributed by atoms with Crippen LogP contribution in [0.3, 0.4) is 0 Å². The number of allylic oxidation sites excluding steroid dienone is 3. The molecule has 5 atom stereocenters. The summed E-state index contributed by atoms with van der Waals surface area (Å²) in [4.78, 5) is 11.3. The number of benzene rings is 2. The van der Waals surface area contributed by atoms with Gasteiger partial charge >= 0.3 is 5.97 Å². The number of hydrogen-bond acceptors (Lipinski definition) is 5. The molecule has 2 aromatic rings. The SMILES string of the molecule is CCOCCOc1cc(C)c(-c2cccc(C(C)OC3=CCC4C(=C3)O[C@H]3[C@H](C(=O)O)[C@@H]43)c2)c(C)c1. The summed E-state index contributed by atoms with van der Waals surface area (Å²) >= 11 is 0. The lowest BCUT2D eigenvalue weighted by Gasteiger charge is -2.23. The van der Waals surface area contributed by atoms with Crippen molar-refractivity contribution in [3.8, 4) is 16.9 Å². The third-order valence-corrected chi connectivity index (χ3v) is 7.42. The quantitative estimate of drug-likeness (QED) is 0.413. The van der Waals surface area contributed by atoms with Crippen LogP contribution in [0.1, 0.15) is 43.1 Å². The summed E-state index contributed by atoms with van der Waals surface area (Å²) in [7, 11) is 0. The number of carboxylic acid groups (broad SMARTS) is 1. The number of carboxylic acids is 1. The average Bonchev–Trinajstić information content (AvgIpc) is 3.44. The van der Waals surface area contributed by atoms with Gasteiger partial charge in [0.15, 0.2) is 0 Å². The molecule has 1 saturated heterocycles. The lowest BCUT2D eigenvalue weighted by molar-refractivity contribution is -0.140. The second-order valence-electron chi connectivity index (χ2n) is 9.88. The van der Waals surface area contributed by atoms with Crippen molar-refractivity contribution in [2.75, 3.05) is 19.8 Å². The van der Waals surface area contributed by atoms with Crippen molar-refractivity contribution in [2.24, 2.45) is 17.8 Å². The lowest BCUT2D eigenvalue weighted by atomic mass is 9.92. The number of ether oxygens (including phenoxy) is 4. The summed E-state index contributed by atoms with van der Waals surface area (Å²) in [6.07, 6.45) is 4.45. The third-order valence-electron chi connectivity index (χ3n) is 7.42. The van der Waals surface area contributed by atoms with Crippen LogP contribution in [0.4, 0.5) is 0 Å². The van der Waals surface area contributed by atoms with E-state index < -0.39 is 5.97 Å². The van der Waals surface area contributed by atoms with Crippen LogP contribution in [0.2, 0.25) is 0 Å². The maximum absolute atomic E-state index is 11.3. The van der Waals surface area contributed by atoms with E-state index in [9.17, 15) is 9.90 Å². The Hall–Kier alpha value is -3.25. The number of hydrogen-bond donors (Lipinski definition) is 1. The Bertz CT molecular complexity index is 1190. The van der Waals surface area contributed by atoms with Crippen LogP contribution in [0.5, 0.6) is 5.75 Å². The normalized spacial score (nSPS) is 24.6. The van der Waals surface area contributed by atoms with Gasteiger partial charge in [0.1, 0.15) is 42.0 Å². The summed E-state index contributed by atoms with van der Waals surface area (Å²) in [6, 6.07) is 12.6. The van der Waals surface area contributed by atoms with E-state index in [0.717, 1.165) is 45.9 Å². The Morgan fingerprint density at radius 1 is 1.17 bits per heavy atom. The van der Waals surface area contributed by atoms with E-state index in [1.807, 2.05) is 19.9 Å². The molecule has 0 spiro atoms. The summed E-state index contributed by atoms with van der Waals surface area (Å²) in [5.41, 5.74) is 5.76. The fourth-order valence-electron chi connectivity index (χ4n) is 5.66. The van der Waals surface area contributed by atoms with Crippen molar-refractivity contribution in [2.45, 2.75) is 46.3 Å². The summed E-state index contributed by atoms with van der Waals surface area (Å²) < 4.78 is 23.5. The van der Waals surface area contributed by atoms with E-state index in [2.05, 4.69) is 56.3 Å². The summed E-state index contributed by atoms with van der Waals surface area (Å²) in [6.45, 7) is 10.1. The molecule has 6 heteroatoms. The van der Waals surface area contributed by atoms with Gasteiger partial charge in [0.05, 0.1) is 6.61 Å². The second-order valence-corrected chi connectivity index (χ2v) is 9.88. The largest absolute Gasteiger partial charge is 0.493 e. The first-order valence-electron chi connectivity index (χ1n) is 12.8. The van der Waals surface area contributed by atoms with Gasteiger partial charge in [-0.15, -0.1) is 0 Å². The zero-order valence-corrected chi connectivity index (χ0v) is 21.3. The van der Waals surface area contributed by atoms with Gasteiger partial charge in [0.2, 0.25) is 0 Å². The van der Waals surface area contributed by atoms with Crippen molar-refractivity contribution < 1.29 is 28.8 Å². The van der Waals surface area contributed by atoms with Crippen molar-refractivity contribution >= 4 is 5.97 Å². The molecule has 0 aromatic heterocycles. The molecule has 0 amide bonds. The van der Waals surface area contributed by atoms with Crippen molar-refractivity contribution in [1.29, 1.82) is 0 Å². The Labute approximate surface area is 212 Å². The number of fused-ring (bicyclic) bond motifs is 3. The van der Waals surface area contributed by atoms with Gasteiger partial charge in [-0.3, -0.25) is 4.79 Å². The Morgan fingerprint density at radius 3 is 2.67 bits per heavy atom. The lowest BCUT2D eigenvalue weighted by Crippen LogP contribution is -2.15. The van der Waals surface area contributed by atoms with E-state index in [-0.39, 0.29) is 30.0 Å². The number of aliphatic carboxylic acids is 1. The van der Waals surface area contributed by atoms with Crippen LogP contribution in [-0.2, 0) is 19.0 Å². The first kappa shape index (κ1) is 24.4. The van der Waals surface area contributed by atoms with Crippen molar-refractivity contribution in [3.05, 3.63) is 76.8 Å². The highest BCUT2D eigenvalue weighted by Crippen LogP contribution is 2.59. The highest BCUT2D eigenvalue weighted by Gasteiger charge is 2.66. The first-order chi connectivity index (χ1) is 17.4. The molecule has 5 rings (SSSR count). The molecule has 2 aliphatic carbocycles. The van der Waals surface area contributed by atoms with Gasteiger partial charge in [-0.25, -0.2) is 0 Å². The summed E-state index contributed by atoms with van der Waals surface area (Å²) in [5, 5.41) is 9.30. The van der Waals surface area contributed by atoms with Crippen LogP contribution in [-0.4, -0.2) is 37.0 Å². The van der Waals surface area contributed by atoms with Gasteiger partial charge in [0.25, 0.3) is 0 Å². The fourth-order valence-corrected chi connectivity index (χ4v) is 5.66. The minimum atomic E-state index is -0.752. The van der Waals surface area contributed by atoms with E-state index in [4.69, 9.17) is 18.9 Å². The highest BCUT2D eigenvalue weighted by atomic mass is 16.5. The first-order valence-corrected chi connectivity index (χ1v) is 12.8. The maximum Gasteiger partial charge on any atom is 0.310 e.